The molecule has 0 spiro atoms. The molecule has 6 heteroatoms. The molecule has 2 rings (SSSR count). The number of nitrogens with one attached hydrogen (secondary N) is 1. The molecule has 2 heterocycles. The molecule has 0 unspecified atom stereocenters. The highest BCUT2D eigenvalue weighted by atomic mass is 16.3. The third-order valence-electron chi connectivity index (χ3n) is 3.01. The average molecular weight is 237 g/mol. The molecule has 1 aliphatic heterocycles. The molecule has 0 atom stereocenters. The second-order valence-electron chi connectivity index (χ2n) is 4.24. The van der Waals surface area contributed by atoms with Gasteiger partial charge in [-0.15, -0.1) is 0 Å². The van der Waals surface area contributed by atoms with Crippen molar-refractivity contribution in [1.82, 2.24) is 9.97 Å². The second kappa shape index (κ2) is 5.29. The highest BCUT2D eigenvalue weighted by Crippen LogP contribution is 2.20. The number of nitrogen functional groups attached to an aromatic ring is 1. The standard InChI is InChI=1S/C11H19N5O/c1-2-9-13-10(15-12)7-11(14-9)16-5-3-8(17)4-6-16/h7-8,17H,2-6,12H2,1H3,(H,13,14,15). The minimum atomic E-state index is -0.175. The lowest BCUT2D eigenvalue weighted by Gasteiger charge is -2.30. The van der Waals surface area contributed by atoms with Gasteiger partial charge in [0.1, 0.15) is 17.5 Å². The van der Waals surface area contributed by atoms with Gasteiger partial charge in [-0.05, 0) is 12.8 Å². The number of hydrazine groups is 1. The van der Waals surface area contributed by atoms with Gasteiger partial charge in [0.05, 0.1) is 6.10 Å². The summed E-state index contributed by atoms with van der Waals surface area (Å²) in [6.07, 6.45) is 2.18. The molecule has 17 heavy (non-hydrogen) atoms. The molecule has 1 fully saturated rings. The van der Waals surface area contributed by atoms with Crippen molar-refractivity contribution in [1.29, 1.82) is 0 Å². The number of aliphatic hydroxyl groups excluding tert-OH is 1. The topological polar surface area (TPSA) is 87.3 Å². The molecule has 0 saturated carbocycles. The number of nitrogens with zero attached hydrogens (tertiary/aromatic N) is 3. The van der Waals surface area contributed by atoms with Crippen molar-refractivity contribution in [2.45, 2.75) is 32.3 Å². The molecule has 0 bridgehead atoms. The fourth-order valence-corrected chi connectivity index (χ4v) is 1.97. The van der Waals surface area contributed by atoms with Gasteiger partial charge in [0.15, 0.2) is 0 Å². The molecule has 1 aliphatic rings. The van der Waals surface area contributed by atoms with Crippen LogP contribution in [0.1, 0.15) is 25.6 Å². The molecule has 1 aromatic rings. The summed E-state index contributed by atoms with van der Waals surface area (Å²) in [6.45, 7) is 3.66. The van der Waals surface area contributed by atoms with E-state index in [0.29, 0.717) is 5.82 Å². The maximum absolute atomic E-state index is 9.48. The molecule has 6 nitrogen and oxygen atoms in total. The van der Waals surface area contributed by atoms with Crippen LogP contribution in [0.2, 0.25) is 0 Å². The van der Waals surface area contributed by atoms with Crippen molar-refractivity contribution in [3.05, 3.63) is 11.9 Å². The summed E-state index contributed by atoms with van der Waals surface area (Å²) < 4.78 is 0. The number of aliphatic hydroxyl groups is 1. The first-order valence-corrected chi connectivity index (χ1v) is 6.00. The van der Waals surface area contributed by atoms with E-state index < -0.39 is 0 Å². The van der Waals surface area contributed by atoms with Crippen molar-refractivity contribution in [2.24, 2.45) is 5.84 Å². The predicted molar refractivity (Wildman–Crippen MR) is 66.7 cm³/mol. The Kier molecular flexibility index (Phi) is 3.75. The fraction of sp³-hybridized carbons (Fsp3) is 0.636. The fourth-order valence-electron chi connectivity index (χ4n) is 1.97. The van der Waals surface area contributed by atoms with E-state index in [9.17, 15) is 5.11 Å². The first kappa shape index (κ1) is 12.1. The van der Waals surface area contributed by atoms with Gasteiger partial charge >= 0.3 is 0 Å². The van der Waals surface area contributed by atoms with Crippen molar-refractivity contribution in [3.63, 3.8) is 0 Å². The highest BCUT2D eigenvalue weighted by Gasteiger charge is 2.19. The normalized spacial score (nSPS) is 17.2. The summed E-state index contributed by atoms with van der Waals surface area (Å²) in [4.78, 5) is 10.9. The summed E-state index contributed by atoms with van der Waals surface area (Å²) in [5.41, 5.74) is 2.56. The Morgan fingerprint density at radius 1 is 1.47 bits per heavy atom. The van der Waals surface area contributed by atoms with Crippen molar-refractivity contribution >= 4 is 11.6 Å². The average Bonchev–Trinajstić information content (AvgIpc) is 2.39. The first-order valence-electron chi connectivity index (χ1n) is 6.00. The molecule has 94 valence electrons. The smallest absolute Gasteiger partial charge is 0.145 e. The SMILES string of the molecule is CCc1nc(NN)cc(N2CCC(O)CC2)n1. The lowest BCUT2D eigenvalue weighted by atomic mass is 10.1. The molecule has 0 aromatic carbocycles. The molecular formula is C11H19N5O. The number of anilines is 2. The maximum atomic E-state index is 9.48. The summed E-state index contributed by atoms with van der Waals surface area (Å²) in [6, 6.07) is 1.84. The van der Waals surface area contributed by atoms with Gasteiger partial charge in [-0.2, -0.15) is 0 Å². The third kappa shape index (κ3) is 2.83. The number of nitrogens with two attached hydrogens (primary N) is 1. The van der Waals surface area contributed by atoms with Crippen LogP contribution < -0.4 is 16.2 Å². The van der Waals surface area contributed by atoms with Crippen molar-refractivity contribution in [2.75, 3.05) is 23.4 Å². The van der Waals surface area contributed by atoms with Gasteiger partial charge in [0.2, 0.25) is 0 Å². The molecule has 0 radical (unpaired) electrons. The predicted octanol–water partition coefficient (Wildman–Crippen LogP) is 0.286. The lowest BCUT2D eigenvalue weighted by molar-refractivity contribution is 0.145. The first-order chi connectivity index (χ1) is 8.22. The Hall–Kier alpha value is -1.40. The molecule has 1 saturated heterocycles. The minimum Gasteiger partial charge on any atom is -0.393 e. The molecule has 4 N–H and O–H groups in total. The number of hydrogen-bond donors (Lipinski definition) is 3. The number of aromatic nitrogens is 2. The quantitative estimate of drug-likeness (QED) is 0.517. The number of rotatable bonds is 3. The molecule has 1 aromatic heterocycles. The highest BCUT2D eigenvalue weighted by molar-refractivity contribution is 5.49. The summed E-state index contributed by atoms with van der Waals surface area (Å²) >= 11 is 0. The largest absolute Gasteiger partial charge is 0.393 e. The van der Waals surface area contributed by atoms with E-state index in [-0.39, 0.29) is 6.10 Å². The van der Waals surface area contributed by atoms with E-state index in [1.807, 2.05) is 13.0 Å². The number of hydrogen-bond acceptors (Lipinski definition) is 6. The Morgan fingerprint density at radius 2 is 2.18 bits per heavy atom. The second-order valence-corrected chi connectivity index (χ2v) is 4.24. The summed E-state index contributed by atoms with van der Waals surface area (Å²) in [5.74, 6) is 7.70. The van der Waals surface area contributed by atoms with Gasteiger partial charge in [-0.3, -0.25) is 0 Å². The van der Waals surface area contributed by atoms with E-state index in [1.54, 1.807) is 0 Å². The van der Waals surface area contributed by atoms with Crippen LogP contribution in [-0.2, 0) is 6.42 Å². The van der Waals surface area contributed by atoms with Crippen LogP contribution in [0, 0.1) is 0 Å². The van der Waals surface area contributed by atoms with E-state index in [0.717, 1.165) is 44.0 Å². The zero-order valence-corrected chi connectivity index (χ0v) is 10.1. The van der Waals surface area contributed by atoms with Gasteiger partial charge < -0.3 is 15.4 Å². The van der Waals surface area contributed by atoms with E-state index in [1.165, 1.54) is 0 Å². The van der Waals surface area contributed by atoms with Crippen LogP contribution in [-0.4, -0.2) is 34.3 Å². The van der Waals surface area contributed by atoms with Crippen molar-refractivity contribution in [3.8, 4) is 0 Å². The van der Waals surface area contributed by atoms with E-state index >= 15 is 0 Å². The number of piperidine rings is 1. The number of aryl methyl sites for hydroxylation is 1. The molecule has 0 aliphatic carbocycles. The summed E-state index contributed by atoms with van der Waals surface area (Å²) in [5, 5.41) is 9.48. The molecular weight excluding hydrogens is 218 g/mol. The third-order valence-corrected chi connectivity index (χ3v) is 3.01. The van der Waals surface area contributed by atoms with Crippen LogP contribution in [0.3, 0.4) is 0 Å². The van der Waals surface area contributed by atoms with Crippen LogP contribution in [0.15, 0.2) is 6.07 Å². The summed E-state index contributed by atoms with van der Waals surface area (Å²) in [7, 11) is 0. The van der Waals surface area contributed by atoms with Crippen LogP contribution in [0.5, 0.6) is 0 Å². The zero-order chi connectivity index (χ0) is 12.3. The zero-order valence-electron chi connectivity index (χ0n) is 10.1. The Morgan fingerprint density at radius 3 is 2.76 bits per heavy atom. The van der Waals surface area contributed by atoms with Gasteiger partial charge in [-0.25, -0.2) is 15.8 Å². The Bertz CT molecular complexity index is 354. The van der Waals surface area contributed by atoms with E-state index in [4.69, 9.17) is 5.84 Å². The van der Waals surface area contributed by atoms with Gasteiger partial charge in [0, 0.05) is 25.6 Å². The minimum absolute atomic E-state index is 0.175. The maximum Gasteiger partial charge on any atom is 0.145 e. The molecule has 0 amide bonds. The van der Waals surface area contributed by atoms with Gasteiger partial charge in [-0.1, -0.05) is 6.92 Å². The van der Waals surface area contributed by atoms with Crippen LogP contribution in [0.4, 0.5) is 11.6 Å². The Labute approximate surface area is 101 Å². The monoisotopic (exact) mass is 237 g/mol. The van der Waals surface area contributed by atoms with Crippen LogP contribution >= 0.6 is 0 Å². The van der Waals surface area contributed by atoms with Gasteiger partial charge in [0.25, 0.3) is 0 Å². The van der Waals surface area contributed by atoms with Crippen molar-refractivity contribution < 1.29 is 5.11 Å². The van der Waals surface area contributed by atoms with Crippen LogP contribution in [0.25, 0.3) is 0 Å². The lowest BCUT2D eigenvalue weighted by Crippen LogP contribution is -2.36. The Balaban J connectivity index is 2.19. The van der Waals surface area contributed by atoms with E-state index in [2.05, 4.69) is 20.3 Å².